The van der Waals surface area contributed by atoms with Gasteiger partial charge in [-0.25, -0.2) is 58.6 Å². The fraction of sp³-hybridized carbons (Fsp3) is 0.115. The molecular weight excluding hydrogens is 1570 g/mol. The number of nitrogens with one attached hydrogen (secondary N) is 5. The minimum Gasteiger partial charge on any atom is -0.478 e. The predicted octanol–water partition coefficient (Wildman–Crippen LogP) is 13.1. The molecule has 112 heavy (non-hydrogen) atoms. The summed E-state index contributed by atoms with van der Waals surface area (Å²) in [6.07, 6.45) is 14.5. The summed E-state index contributed by atoms with van der Waals surface area (Å²) in [4.78, 5) is 70.6. The van der Waals surface area contributed by atoms with Crippen molar-refractivity contribution in [3.8, 4) is 0 Å². The molecule has 15 aromatic rings. The minimum absolute atomic E-state index is 0.0332. The van der Waals surface area contributed by atoms with Crippen molar-refractivity contribution in [2.45, 2.75) is 74.4 Å². The van der Waals surface area contributed by atoms with E-state index >= 15 is 0 Å². The number of aromatic amines is 3. The van der Waals surface area contributed by atoms with E-state index in [4.69, 9.17) is 61.1 Å². The quantitative estimate of drug-likeness (QED) is 0.0405. The molecule has 0 bridgehead atoms. The standard InChI is InChI=1S/2C26H21ClFN5O3S.C17H15N3O4S.C9H8ClFN2/c2*1-14-6-18-7-15(9-22(37(29,35)36)25(18)32-11-14)8-19-10-16(4-5-30-19)26(34)33-12-17-2-3-21-23(24(17)28)20(27)13-31-21;1-10-4-13-5-11(6-14-8-12(17(21)22)2-3-19-14)7-15(25(18,23)24)16(13)20-9-10;10-6-4-13-7-2-1-5(3-12)9(11)8(6)7/h2*2-7,9-11,13,31H,8,12H2,1H3,(H,33,34)(H2,29,35,36);2-5,7-9H,6H2,1H3,(H,21,22)(H2,18,23,24);1-2,4,13H,3,12H2. The van der Waals surface area contributed by atoms with Gasteiger partial charge < -0.3 is 36.4 Å². The third-order valence-electron chi connectivity index (χ3n) is 17.7. The average molecular weight is 1630 g/mol. The summed E-state index contributed by atoms with van der Waals surface area (Å²) in [6, 6.07) is 34.5. The highest BCUT2D eigenvalue weighted by Crippen LogP contribution is 2.33. The van der Waals surface area contributed by atoms with Crippen LogP contribution in [0.15, 0.2) is 198 Å². The van der Waals surface area contributed by atoms with E-state index in [0.717, 1.165) is 16.7 Å². The molecule has 9 aromatic heterocycles. The number of rotatable bonds is 17. The summed E-state index contributed by atoms with van der Waals surface area (Å²) in [5.74, 6) is -3.19. The van der Waals surface area contributed by atoms with Gasteiger partial charge >= 0.3 is 5.97 Å². The van der Waals surface area contributed by atoms with E-state index in [-0.39, 0.29) is 85.8 Å². The van der Waals surface area contributed by atoms with Gasteiger partial charge in [-0.3, -0.25) is 39.5 Å². The van der Waals surface area contributed by atoms with Gasteiger partial charge in [-0.15, -0.1) is 0 Å². The molecule has 0 saturated carbocycles. The number of carbonyl (C=O) groups excluding carboxylic acids is 2. The minimum atomic E-state index is -4.02. The zero-order chi connectivity index (χ0) is 80.3. The van der Waals surface area contributed by atoms with E-state index in [1.54, 1.807) is 91.5 Å². The van der Waals surface area contributed by atoms with Gasteiger partial charge in [-0.05, 0) is 163 Å². The van der Waals surface area contributed by atoms with Crippen molar-refractivity contribution in [2.75, 3.05) is 0 Å². The number of sulfonamides is 3. The lowest BCUT2D eigenvalue weighted by Crippen LogP contribution is -2.23. The molecule has 0 atom stereocenters. The zero-order valence-electron chi connectivity index (χ0n) is 59.2. The first-order chi connectivity index (χ1) is 53.2. The number of halogens is 6. The Kier molecular flexibility index (Phi) is 23.6. The van der Waals surface area contributed by atoms with Gasteiger partial charge in [0.05, 0.1) is 53.3 Å². The number of nitrogens with zero attached hydrogens (tertiary/aromatic N) is 6. The second-order valence-electron chi connectivity index (χ2n) is 26.0. The van der Waals surface area contributed by atoms with Gasteiger partial charge in [0.1, 0.15) is 32.1 Å². The zero-order valence-corrected chi connectivity index (χ0v) is 63.9. The van der Waals surface area contributed by atoms with E-state index in [1.807, 2.05) is 51.1 Å². The Morgan fingerprint density at radius 1 is 0.429 bits per heavy atom. The summed E-state index contributed by atoms with van der Waals surface area (Å²) in [7, 11) is -12.0. The lowest BCUT2D eigenvalue weighted by Gasteiger charge is -2.10. The van der Waals surface area contributed by atoms with Crippen LogP contribution in [0.4, 0.5) is 13.2 Å². The molecule has 14 N–H and O–H groups in total. The van der Waals surface area contributed by atoms with Crippen molar-refractivity contribution in [1.82, 2.24) is 55.5 Å². The summed E-state index contributed by atoms with van der Waals surface area (Å²) in [5, 5.41) is 34.5. The number of carbonyl (C=O) groups is 3. The van der Waals surface area contributed by atoms with E-state index < -0.39 is 59.5 Å². The topological polar surface area (TPSA) is 427 Å². The molecule has 34 heteroatoms. The highest BCUT2D eigenvalue weighted by molar-refractivity contribution is 7.90. The summed E-state index contributed by atoms with van der Waals surface area (Å²) >= 11 is 17.9. The van der Waals surface area contributed by atoms with E-state index in [1.165, 1.54) is 61.3 Å². The Balaban J connectivity index is 0.000000146. The number of aryl methyl sites for hydroxylation is 3. The Morgan fingerprint density at radius 3 is 1.04 bits per heavy atom. The number of fused-ring (bicyclic) bond motifs is 6. The fourth-order valence-corrected chi connectivity index (χ4v) is 15.4. The lowest BCUT2D eigenvalue weighted by molar-refractivity contribution is 0.0695. The molecule has 572 valence electrons. The largest absolute Gasteiger partial charge is 0.478 e. The SMILES string of the molecule is Cc1cnc2c(S(N)(=O)=O)cc(Cc3cc(C(=O)NCc4ccc5[nH]cc(Cl)c5c4F)ccn3)cc2c1.Cc1cnc2c(S(N)(=O)=O)cc(Cc3cc(C(=O)NCc4ccc5[nH]cc(Cl)c5c4F)ccn3)cc2c1.Cc1cnc2c(S(N)(=O)=O)cc(Cc3cc(C(=O)O)ccn3)cc2c1.NCc1ccc2[nH]cc(Cl)c2c1F. The smallest absolute Gasteiger partial charge is 0.335 e. The second kappa shape index (κ2) is 33.1. The van der Waals surface area contributed by atoms with E-state index in [0.29, 0.717) is 121 Å². The number of carboxylic acids is 1. The Bertz CT molecular complexity index is 6390. The monoisotopic (exact) mass is 1630 g/mol. The Hall–Kier alpha value is -11.6. The van der Waals surface area contributed by atoms with Crippen LogP contribution in [-0.4, -0.2) is 93.0 Å². The maximum absolute atomic E-state index is 14.9. The van der Waals surface area contributed by atoms with E-state index in [2.05, 4.69) is 55.5 Å². The Labute approximate surface area is 652 Å². The highest BCUT2D eigenvalue weighted by atomic mass is 35.5. The van der Waals surface area contributed by atoms with Gasteiger partial charge in [-0.1, -0.05) is 53.0 Å². The van der Waals surface area contributed by atoms with Crippen molar-refractivity contribution in [1.29, 1.82) is 0 Å². The van der Waals surface area contributed by atoms with Crippen LogP contribution in [0.1, 0.15) is 98.2 Å². The van der Waals surface area contributed by atoms with Crippen LogP contribution in [-0.2, 0) is 69.0 Å². The molecule has 15 rings (SSSR count). The van der Waals surface area contributed by atoms with Crippen LogP contribution < -0.4 is 31.8 Å². The van der Waals surface area contributed by atoms with Crippen LogP contribution in [0, 0.1) is 38.2 Å². The molecule has 9 heterocycles. The average Bonchev–Trinajstić information content (AvgIpc) is 1.31. The Morgan fingerprint density at radius 2 is 0.732 bits per heavy atom. The molecule has 0 unspecified atom stereocenters. The number of nitrogens with two attached hydrogens (primary N) is 4. The first-order valence-electron chi connectivity index (χ1n) is 33.6. The van der Waals surface area contributed by atoms with Gasteiger partial charge in [0, 0.05) is 172 Å². The number of benzene rings is 6. The lowest BCUT2D eigenvalue weighted by atomic mass is 10.0. The normalized spacial score (nSPS) is 11.7. The van der Waals surface area contributed by atoms with Crippen molar-refractivity contribution in [3.05, 3.63) is 300 Å². The summed E-state index contributed by atoms with van der Waals surface area (Å²) in [5.41, 5.74) is 16.1. The highest BCUT2D eigenvalue weighted by Gasteiger charge is 2.23. The predicted molar refractivity (Wildman–Crippen MR) is 422 cm³/mol. The van der Waals surface area contributed by atoms with Gasteiger partial charge in [0.25, 0.3) is 11.8 Å². The molecule has 0 saturated heterocycles. The number of primary sulfonamides is 3. The van der Waals surface area contributed by atoms with Crippen molar-refractivity contribution < 1.29 is 57.9 Å². The number of hydrogen-bond acceptors (Lipinski definition) is 16. The number of pyridine rings is 6. The van der Waals surface area contributed by atoms with Gasteiger partial charge in [-0.2, -0.15) is 0 Å². The number of H-pyrrole nitrogens is 3. The second-order valence-corrected chi connectivity index (χ2v) is 31.8. The molecule has 0 aliphatic rings. The van der Waals surface area contributed by atoms with Crippen LogP contribution >= 0.6 is 34.8 Å². The first kappa shape index (κ1) is 79.9. The number of aromatic carboxylic acids is 1. The number of amides is 2. The summed E-state index contributed by atoms with van der Waals surface area (Å²) < 4.78 is 116. The van der Waals surface area contributed by atoms with Gasteiger partial charge in [0.2, 0.25) is 30.1 Å². The maximum atomic E-state index is 14.9. The van der Waals surface area contributed by atoms with Gasteiger partial charge in [0.15, 0.2) is 0 Å². The number of aromatic nitrogens is 9. The molecule has 2 amide bonds. The van der Waals surface area contributed by atoms with Crippen molar-refractivity contribution >= 4 is 148 Å². The number of hydrogen-bond donors (Lipinski definition) is 10. The molecule has 0 aliphatic heterocycles. The van der Waals surface area contributed by atoms with E-state index in [9.17, 15) is 52.8 Å². The molecule has 0 fully saturated rings. The fourth-order valence-electron chi connectivity index (χ4n) is 12.4. The molecule has 0 radical (unpaired) electrons. The molecule has 6 aromatic carbocycles. The van der Waals surface area contributed by atoms with Crippen LogP contribution in [0.3, 0.4) is 0 Å². The van der Waals surface area contributed by atoms with Crippen molar-refractivity contribution in [3.63, 3.8) is 0 Å². The summed E-state index contributed by atoms with van der Waals surface area (Å²) in [6.45, 7) is 5.69. The van der Waals surface area contributed by atoms with Crippen LogP contribution in [0.2, 0.25) is 15.1 Å². The third-order valence-corrected chi connectivity index (χ3v) is 21.3. The first-order valence-corrected chi connectivity index (χ1v) is 39.4. The van der Waals surface area contributed by atoms with Crippen molar-refractivity contribution in [2.24, 2.45) is 21.2 Å². The van der Waals surface area contributed by atoms with Crippen LogP contribution in [0.5, 0.6) is 0 Å². The molecule has 0 aliphatic carbocycles. The maximum Gasteiger partial charge on any atom is 0.335 e. The molecular formula is C78H65Cl3F3N15O10S3. The molecule has 0 spiro atoms. The van der Waals surface area contributed by atoms with Crippen LogP contribution in [0.25, 0.3) is 65.4 Å². The number of carboxylic acid groups (broad SMARTS) is 1. The molecule has 25 nitrogen and oxygen atoms in total. The third kappa shape index (κ3) is 18.4.